The van der Waals surface area contributed by atoms with Gasteiger partial charge in [0.2, 0.25) is 6.10 Å². The Kier molecular flexibility index (Phi) is 9.95. The van der Waals surface area contributed by atoms with Crippen molar-refractivity contribution in [2.45, 2.75) is 55.3 Å². The number of anilines is 1. The van der Waals surface area contributed by atoms with Gasteiger partial charge in [-0.1, -0.05) is 25.9 Å². The summed E-state index contributed by atoms with van der Waals surface area (Å²) < 4.78 is 0.676. The third kappa shape index (κ3) is 6.86. The van der Waals surface area contributed by atoms with E-state index in [1.54, 1.807) is 31.2 Å². The number of β-lactam (4-membered cyclic amide) rings is 1. The number of nitrogens with one attached hydrogen (secondary N) is 1. The lowest BCUT2D eigenvalue weighted by atomic mass is 9.89. The molecule has 0 aromatic carbocycles. The normalized spacial score (nSPS) is 20.7. The Morgan fingerprint density at radius 2 is 1.93 bits per heavy atom. The van der Waals surface area contributed by atoms with Crippen molar-refractivity contribution in [1.29, 1.82) is 0 Å². The van der Waals surface area contributed by atoms with Crippen LogP contribution in [0.4, 0.5) is 5.13 Å². The Hall–Kier alpha value is -3.68. The Labute approximate surface area is 279 Å². The molecule has 2 aromatic heterocycles. The van der Waals surface area contributed by atoms with Gasteiger partial charge in [-0.25, -0.2) is 19.6 Å². The van der Waals surface area contributed by atoms with Crippen LogP contribution in [-0.2, 0) is 24.0 Å². The molecule has 2 saturated heterocycles. The number of hydrogen-bond donors (Lipinski definition) is 4. The van der Waals surface area contributed by atoms with Gasteiger partial charge in [0.05, 0.1) is 9.72 Å². The Balaban J connectivity index is 1.31. The Morgan fingerprint density at radius 3 is 2.54 bits per heavy atom. The monoisotopic (exact) mass is 709 g/mol. The first-order valence-corrected chi connectivity index (χ1v) is 17.8. The molecule has 15 nitrogen and oxygen atoms in total. The van der Waals surface area contributed by atoms with E-state index in [-0.39, 0.29) is 39.6 Å². The topological polar surface area (TPSA) is 218 Å². The highest BCUT2D eigenvalue weighted by Gasteiger charge is 2.54. The van der Waals surface area contributed by atoms with E-state index in [0.717, 1.165) is 29.1 Å². The molecule has 5 rings (SSSR count). The third-order valence-corrected chi connectivity index (χ3v) is 11.5. The number of nitrogen functional groups attached to an aromatic ring is 1. The second-order valence-electron chi connectivity index (χ2n) is 11.6. The fourth-order valence-corrected chi connectivity index (χ4v) is 8.91. The molecule has 5 N–H and O–H groups in total. The average Bonchev–Trinajstić information content (AvgIpc) is 3.77. The molecule has 3 aliphatic rings. The van der Waals surface area contributed by atoms with Crippen molar-refractivity contribution in [3.63, 3.8) is 0 Å². The predicted octanol–water partition coefficient (Wildman–Crippen LogP) is 2.17. The number of carboxylic acids is 2. The molecule has 19 heteroatoms. The molecular formula is C27H31N7O8S4. The minimum Gasteiger partial charge on any atom is -0.478 e. The summed E-state index contributed by atoms with van der Waals surface area (Å²) in [5.74, 6) is -3.73. The molecule has 0 bridgehead atoms. The third-order valence-electron chi connectivity index (χ3n) is 7.28. The summed E-state index contributed by atoms with van der Waals surface area (Å²) in [5, 5.41) is 27.0. The van der Waals surface area contributed by atoms with Crippen LogP contribution in [0.1, 0.15) is 49.8 Å². The number of carbonyl (C=O) groups excluding carboxylic acids is 3. The summed E-state index contributed by atoms with van der Waals surface area (Å²) in [5.41, 5.74) is 6.77. The highest BCUT2D eigenvalue weighted by atomic mass is 32.2. The van der Waals surface area contributed by atoms with E-state index in [1.807, 2.05) is 0 Å². The zero-order valence-corrected chi connectivity index (χ0v) is 28.2. The molecule has 2 aromatic rings. The molecule has 0 saturated carbocycles. The second-order valence-corrected chi connectivity index (χ2v) is 15.7. The molecule has 246 valence electrons. The molecule has 3 atom stereocenters. The van der Waals surface area contributed by atoms with Crippen LogP contribution in [0.15, 0.2) is 31.5 Å². The van der Waals surface area contributed by atoms with Crippen LogP contribution < -0.4 is 11.1 Å². The van der Waals surface area contributed by atoms with E-state index in [9.17, 15) is 34.2 Å². The molecule has 2 fully saturated rings. The van der Waals surface area contributed by atoms with E-state index in [0.29, 0.717) is 28.6 Å². The quantitative estimate of drug-likeness (QED) is 0.114. The molecule has 3 aliphatic heterocycles. The summed E-state index contributed by atoms with van der Waals surface area (Å²) in [4.78, 5) is 80.3. The van der Waals surface area contributed by atoms with E-state index >= 15 is 0 Å². The number of thiazole rings is 2. The van der Waals surface area contributed by atoms with E-state index < -0.39 is 46.7 Å². The predicted molar refractivity (Wildman–Crippen MR) is 173 cm³/mol. The van der Waals surface area contributed by atoms with Crippen molar-refractivity contribution in [1.82, 2.24) is 25.1 Å². The van der Waals surface area contributed by atoms with Crippen molar-refractivity contribution < 1.29 is 39.0 Å². The molecule has 0 radical (unpaired) electrons. The number of likely N-dealkylation sites (tertiary alicyclic amines) is 1. The molecule has 5 heterocycles. The van der Waals surface area contributed by atoms with Crippen molar-refractivity contribution >= 4 is 86.7 Å². The van der Waals surface area contributed by atoms with Gasteiger partial charge in [0.15, 0.2) is 16.5 Å². The van der Waals surface area contributed by atoms with Crippen molar-refractivity contribution in [3.05, 3.63) is 33.5 Å². The summed E-state index contributed by atoms with van der Waals surface area (Å²) in [6, 6.07) is -1.09. The highest BCUT2D eigenvalue weighted by Crippen LogP contribution is 2.42. The van der Waals surface area contributed by atoms with Crippen molar-refractivity contribution in [2.75, 3.05) is 30.3 Å². The first-order valence-electron chi connectivity index (χ1n) is 14.0. The molecule has 3 amide bonds. The summed E-state index contributed by atoms with van der Waals surface area (Å²) in [6.07, 6.45) is 0.487. The van der Waals surface area contributed by atoms with Gasteiger partial charge in [-0.3, -0.25) is 19.3 Å². The van der Waals surface area contributed by atoms with Crippen LogP contribution in [0.2, 0.25) is 0 Å². The van der Waals surface area contributed by atoms with Crippen LogP contribution in [0.5, 0.6) is 0 Å². The molecule has 46 heavy (non-hydrogen) atoms. The number of nitrogens with zero attached hydrogens (tertiary/aromatic N) is 5. The largest absolute Gasteiger partial charge is 0.478 e. The summed E-state index contributed by atoms with van der Waals surface area (Å²) >= 11 is 4.92. The minimum atomic E-state index is -1.40. The standard InChI is InChI=1S/C27H31N7O8S4/c1-27(2,3)18(24(40)41)42-32-14(13-10-45-26(28)30-13)19(35)31-15-21(37)34-17(23(38)39)12(8-43-22(15)34)9-44-25-16(29-11-46-25)20(36)33-6-4-5-7-33/h10-11,15,18,22H,4-9H2,1-3H3,(H2,28,30)(H,31,35)(H,38,39)(H,40,41)/t15?,18?,22-/m0/s1. The van der Waals surface area contributed by atoms with Gasteiger partial charge >= 0.3 is 11.9 Å². The number of hydrogen-bond acceptors (Lipinski definition) is 14. The number of carboxylic acid groups (broad SMARTS) is 2. The number of aliphatic carboxylic acids is 2. The van der Waals surface area contributed by atoms with Crippen LogP contribution in [-0.4, -0.2) is 107 Å². The van der Waals surface area contributed by atoms with Gasteiger partial charge in [0.1, 0.15) is 22.8 Å². The van der Waals surface area contributed by atoms with Crippen LogP contribution in [0.25, 0.3) is 0 Å². The number of aromatic nitrogens is 2. The van der Waals surface area contributed by atoms with E-state index in [2.05, 4.69) is 20.4 Å². The van der Waals surface area contributed by atoms with Crippen LogP contribution in [0.3, 0.4) is 0 Å². The molecule has 0 spiro atoms. The summed E-state index contributed by atoms with van der Waals surface area (Å²) in [7, 11) is 0. The number of thioether (sulfide) groups is 2. The van der Waals surface area contributed by atoms with E-state index in [1.165, 1.54) is 40.2 Å². The SMILES string of the molecule is CC(C)(C)C(ON=C(C(=O)NC1C(=O)N2C(C(=O)O)=C(CSc3scnc3C(=O)N3CCCC3)CS[C@@H]12)c1csc(N)n1)C(=O)O. The number of amides is 3. The van der Waals surface area contributed by atoms with Gasteiger partial charge in [-0.05, 0) is 18.4 Å². The van der Waals surface area contributed by atoms with Gasteiger partial charge in [0.25, 0.3) is 17.7 Å². The zero-order valence-electron chi connectivity index (χ0n) is 24.9. The maximum Gasteiger partial charge on any atom is 0.352 e. The van der Waals surface area contributed by atoms with Gasteiger partial charge in [-0.15, -0.1) is 46.2 Å². The maximum atomic E-state index is 13.4. The lowest BCUT2D eigenvalue weighted by Gasteiger charge is -2.49. The fraction of sp³-hybridized carbons (Fsp3) is 0.481. The fourth-order valence-electron chi connectivity index (χ4n) is 4.99. The Morgan fingerprint density at radius 1 is 1.22 bits per heavy atom. The first-order chi connectivity index (χ1) is 21.8. The smallest absolute Gasteiger partial charge is 0.352 e. The summed E-state index contributed by atoms with van der Waals surface area (Å²) in [6.45, 7) is 6.26. The average molecular weight is 710 g/mol. The minimum absolute atomic E-state index is 0.0223. The van der Waals surface area contributed by atoms with Gasteiger partial charge < -0.3 is 31.0 Å². The lowest BCUT2D eigenvalue weighted by molar-refractivity contribution is -0.158. The van der Waals surface area contributed by atoms with Crippen LogP contribution >= 0.6 is 46.2 Å². The highest BCUT2D eigenvalue weighted by molar-refractivity contribution is 8.02. The maximum absolute atomic E-state index is 13.4. The second kappa shape index (κ2) is 13.6. The zero-order chi connectivity index (χ0) is 33.3. The number of carbonyl (C=O) groups is 5. The van der Waals surface area contributed by atoms with Gasteiger partial charge in [-0.2, -0.15) is 0 Å². The number of oxime groups is 1. The lowest BCUT2D eigenvalue weighted by Crippen LogP contribution is -2.71. The number of rotatable bonds is 11. The van der Waals surface area contributed by atoms with Crippen molar-refractivity contribution in [3.8, 4) is 0 Å². The molecule has 2 unspecified atom stereocenters. The molecular weight excluding hydrogens is 679 g/mol. The van der Waals surface area contributed by atoms with Crippen LogP contribution in [0, 0.1) is 5.41 Å². The first kappa shape index (κ1) is 33.7. The number of fused-ring (bicyclic) bond motifs is 1. The van der Waals surface area contributed by atoms with Crippen molar-refractivity contribution in [2.24, 2.45) is 10.6 Å². The number of nitrogens with two attached hydrogens (primary N) is 1. The van der Waals surface area contributed by atoms with Gasteiger partial charge in [0, 0.05) is 35.4 Å². The Bertz CT molecular complexity index is 1620. The molecule has 0 aliphatic carbocycles. The van der Waals surface area contributed by atoms with E-state index in [4.69, 9.17) is 10.6 Å².